The summed E-state index contributed by atoms with van der Waals surface area (Å²) in [5, 5.41) is 2.69. The zero-order valence-electron chi connectivity index (χ0n) is 16.4. The molecule has 0 aliphatic carbocycles. The molecule has 3 atom stereocenters. The smallest absolute Gasteiger partial charge is 0.347 e. The molecule has 1 saturated heterocycles. The third kappa shape index (κ3) is 5.34. The van der Waals surface area contributed by atoms with Crippen LogP contribution < -0.4 is 11.1 Å². The number of rotatable bonds is 8. The molecule has 1 heterocycles. The van der Waals surface area contributed by atoms with Crippen molar-refractivity contribution in [1.82, 2.24) is 10.2 Å². The van der Waals surface area contributed by atoms with Crippen molar-refractivity contribution in [1.29, 1.82) is 0 Å². The van der Waals surface area contributed by atoms with Crippen molar-refractivity contribution < 1.29 is 23.9 Å². The van der Waals surface area contributed by atoms with Gasteiger partial charge in [0.15, 0.2) is 0 Å². The number of nitrogens with one attached hydrogen (secondary N) is 1. The summed E-state index contributed by atoms with van der Waals surface area (Å²) in [6.45, 7) is 0.364. The van der Waals surface area contributed by atoms with Crippen molar-refractivity contribution in [2.24, 2.45) is 5.73 Å². The number of primary amides is 1. The summed E-state index contributed by atoms with van der Waals surface area (Å²) in [7, 11) is -4.58. The Kier molecular flexibility index (Phi) is 7.05. The van der Waals surface area contributed by atoms with Crippen LogP contribution in [0.3, 0.4) is 0 Å². The molecule has 1 unspecified atom stereocenters. The van der Waals surface area contributed by atoms with Crippen molar-refractivity contribution in [2.75, 3.05) is 6.54 Å². The largest absolute Gasteiger partial charge is 0.368 e. The van der Waals surface area contributed by atoms with Gasteiger partial charge in [0.2, 0.25) is 11.8 Å². The maximum atomic E-state index is 13.0. The van der Waals surface area contributed by atoms with Gasteiger partial charge in [-0.3, -0.25) is 19.1 Å². The van der Waals surface area contributed by atoms with E-state index >= 15 is 0 Å². The van der Waals surface area contributed by atoms with Gasteiger partial charge < -0.3 is 20.8 Å². The van der Waals surface area contributed by atoms with E-state index in [1.165, 1.54) is 4.90 Å². The lowest BCUT2D eigenvalue weighted by atomic mass is 10.0. The first-order chi connectivity index (χ1) is 14.3. The predicted molar refractivity (Wildman–Crippen MR) is 112 cm³/mol. The lowest BCUT2D eigenvalue weighted by Crippen LogP contribution is -2.52. The number of carbonyl (C=O) groups is 2. The molecule has 1 fully saturated rings. The second-order valence-corrected chi connectivity index (χ2v) is 9.09. The molecule has 1 aliphatic heterocycles. The van der Waals surface area contributed by atoms with E-state index in [2.05, 4.69) is 5.32 Å². The number of likely N-dealkylation sites (tertiary alicyclic amines) is 1. The van der Waals surface area contributed by atoms with E-state index in [1.807, 2.05) is 30.3 Å². The van der Waals surface area contributed by atoms with Gasteiger partial charge in [-0.2, -0.15) is 0 Å². The summed E-state index contributed by atoms with van der Waals surface area (Å²) < 4.78 is 12.3. The topological polar surface area (TPSA) is 133 Å². The Labute approximate surface area is 175 Å². The van der Waals surface area contributed by atoms with Gasteiger partial charge in [-0.1, -0.05) is 60.7 Å². The van der Waals surface area contributed by atoms with Crippen molar-refractivity contribution in [3.63, 3.8) is 0 Å². The number of amides is 2. The monoisotopic (exact) mass is 431 g/mol. The lowest BCUT2D eigenvalue weighted by Gasteiger charge is -2.33. The Morgan fingerprint density at radius 1 is 1.10 bits per heavy atom. The van der Waals surface area contributed by atoms with Crippen LogP contribution in [0.15, 0.2) is 60.7 Å². The second-order valence-electron chi connectivity index (χ2n) is 7.42. The Morgan fingerprint density at radius 2 is 1.70 bits per heavy atom. The molecule has 9 heteroatoms. The highest BCUT2D eigenvalue weighted by Gasteiger charge is 2.44. The highest BCUT2D eigenvalue weighted by atomic mass is 31.2. The van der Waals surface area contributed by atoms with E-state index in [0.717, 1.165) is 5.56 Å². The van der Waals surface area contributed by atoms with Crippen LogP contribution >= 0.6 is 7.60 Å². The maximum Gasteiger partial charge on any atom is 0.347 e. The van der Waals surface area contributed by atoms with Crippen LogP contribution in [0.2, 0.25) is 0 Å². The molecule has 5 N–H and O–H groups in total. The normalized spacial score (nSPS) is 19.2. The van der Waals surface area contributed by atoms with Gasteiger partial charge in [-0.05, 0) is 24.0 Å². The highest BCUT2D eigenvalue weighted by molar-refractivity contribution is 7.52. The van der Waals surface area contributed by atoms with E-state index in [9.17, 15) is 23.9 Å². The fourth-order valence-corrected chi connectivity index (χ4v) is 5.13. The standard InChI is InChI=1S/C21H26N3O5P/c22-19(25)17(14-15-8-3-1-4-9-15)23-20(26)18-12-7-13-24(18)21(30(27,28)29)16-10-5-2-6-11-16/h1-6,8-11,17-18,21H,7,12-14H2,(H2,22,25)(H,23,26)(H2,27,28,29)/t17-,18+,21?/m0/s1. The van der Waals surface area contributed by atoms with Gasteiger partial charge in [0.05, 0.1) is 6.04 Å². The highest BCUT2D eigenvalue weighted by Crippen LogP contribution is 2.55. The molecule has 1 aliphatic rings. The Bertz CT molecular complexity index is 919. The van der Waals surface area contributed by atoms with Crippen LogP contribution in [0, 0.1) is 0 Å². The fourth-order valence-electron chi connectivity index (χ4n) is 3.91. The average Bonchev–Trinajstić information content (AvgIpc) is 3.17. The van der Waals surface area contributed by atoms with E-state index in [1.54, 1.807) is 30.3 Å². The summed E-state index contributed by atoms with van der Waals surface area (Å²) >= 11 is 0. The molecule has 2 aromatic rings. The van der Waals surface area contributed by atoms with E-state index in [-0.39, 0.29) is 6.42 Å². The van der Waals surface area contributed by atoms with Crippen molar-refractivity contribution in [2.45, 2.75) is 37.1 Å². The number of hydrogen-bond donors (Lipinski definition) is 4. The molecule has 0 spiro atoms. The summed E-state index contributed by atoms with van der Waals surface area (Å²) in [4.78, 5) is 46.5. The summed E-state index contributed by atoms with van der Waals surface area (Å²) in [6, 6.07) is 15.9. The molecule has 8 nitrogen and oxygen atoms in total. The molecular weight excluding hydrogens is 405 g/mol. The van der Waals surface area contributed by atoms with Gasteiger partial charge in [0.1, 0.15) is 11.8 Å². The van der Waals surface area contributed by atoms with Crippen molar-refractivity contribution in [3.05, 3.63) is 71.8 Å². The molecule has 0 saturated carbocycles. The molecule has 30 heavy (non-hydrogen) atoms. The average molecular weight is 431 g/mol. The minimum atomic E-state index is -4.58. The van der Waals surface area contributed by atoms with E-state index in [0.29, 0.717) is 24.9 Å². The first-order valence-electron chi connectivity index (χ1n) is 9.77. The van der Waals surface area contributed by atoms with E-state index < -0.39 is 37.3 Å². The number of benzene rings is 2. The van der Waals surface area contributed by atoms with Gasteiger partial charge >= 0.3 is 7.60 Å². The maximum absolute atomic E-state index is 13.0. The first-order valence-corrected chi connectivity index (χ1v) is 11.4. The third-order valence-electron chi connectivity index (χ3n) is 5.27. The Hall–Kier alpha value is -2.51. The van der Waals surface area contributed by atoms with Crippen LogP contribution in [0.25, 0.3) is 0 Å². The molecule has 0 radical (unpaired) electrons. The summed E-state index contributed by atoms with van der Waals surface area (Å²) in [5.74, 6) is -2.34. The third-order valence-corrected chi connectivity index (χ3v) is 6.50. The van der Waals surface area contributed by atoms with Gasteiger partial charge in [-0.25, -0.2) is 0 Å². The summed E-state index contributed by atoms with van der Waals surface area (Å²) in [5.41, 5.74) is 6.79. The van der Waals surface area contributed by atoms with E-state index in [4.69, 9.17) is 5.73 Å². The molecular formula is C21H26N3O5P. The van der Waals surface area contributed by atoms with Crippen LogP contribution in [0.1, 0.15) is 29.8 Å². The number of nitrogens with zero attached hydrogens (tertiary/aromatic N) is 1. The molecule has 0 bridgehead atoms. The van der Waals surface area contributed by atoms with Crippen molar-refractivity contribution in [3.8, 4) is 0 Å². The molecule has 2 amide bonds. The predicted octanol–water partition coefficient (Wildman–Crippen LogP) is 1.54. The summed E-state index contributed by atoms with van der Waals surface area (Å²) in [6.07, 6.45) is 1.29. The molecule has 3 rings (SSSR count). The van der Waals surface area contributed by atoms with Gasteiger partial charge in [0, 0.05) is 13.0 Å². The van der Waals surface area contributed by atoms with Crippen LogP contribution in [0.5, 0.6) is 0 Å². The number of nitrogens with two attached hydrogens (primary N) is 1. The van der Waals surface area contributed by atoms with Gasteiger partial charge in [0.25, 0.3) is 0 Å². The van der Waals surface area contributed by atoms with Gasteiger partial charge in [-0.15, -0.1) is 0 Å². The quantitative estimate of drug-likeness (QED) is 0.469. The molecule has 0 aromatic heterocycles. The SMILES string of the molecule is NC(=O)[C@H](Cc1ccccc1)NC(=O)[C@H]1CCCN1C(c1ccccc1)P(=O)(O)O. The van der Waals surface area contributed by atoms with Crippen LogP contribution in [-0.4, -0.2) is 45.1 Å². The zero-order valence-corrected chi connectivity index (χ0v) is 17.3. The van der Waals surface area contributed by atoms with Crippen LogP contribution in [0.4, 0.5) is 0 Å². The minimum Gasteiger partial charge on any atom is -0.368 e. The zero-order chi connectivity index (χ0) is 21.7. The fraction of sp³-hybridized carbons (Fsp3) is 0.333. The first kappa shape index (κ1) is 22.2. The molecule has 2 aromatic carbocycles. The van der Waals surface area contributed by atoms with Crippen molar-refractivity contribution >= 4 is 19.4 Å². The second kappa shape index (κ2) is 9.53. The van der Waals surface area contributed by atoms with Crippen LogP contribution in [-0.2, 0) is 20.6 Å². The minimum absolute atomic E-state index is 0.245. The Balaban J connectivity index is 1.80. The lowest BCUT2D eigenvalue weighted by molar-refractivity contribution is -0.130. The molecule has 160 valence electrons. The number of carbonyl (C=O) groups excluding carboxylic acids is 2. The number of hydrogen-bond acceptors (Lipinski definition) is 4. The Morgan fingerprint density at radius 3 is 2.27 bits per heavy atom.